The summed E-state index contributed by atoms with van der Waals surface area (Å²) in [6.45, 7) is 5.76. The summed E-state index contributed by atoms with van der Waals surface area (Å²) in [5, 5.41) is 20.0. The number of aromatic hydroxyl groups is 1. The van der Waals surface area contributed by atoms with Crippen molar-refractivity contribution in [2.24, 2.45) is 11.8 Å². The molecular weight excluding hydrogens is 422 g/mol. The van der Waals surface area contributed by atoms with E-state index >= 15 is 0 Å². The normalized spacial score (nSPS) is 19.1. The molecule has 0 saturated carbocycles. The number of phenolic OH excluding ortho intramolecular Hbond substituents is 1. The van der Waals surface area contributed by atoms with Gasteiger partial charge in [0.25, 0.3) is 0 Å². The summed E-state index contributed by atoms with van der Waals surface area (Å²) in [5.41, 5.74) is 1.98. The van der Waals surface area contributed by atoms with Crippen molar-refractivity contribution in [3.05, 3.63) is 53.1 Å². The number of hydrogen-bond acceptors (Lipinski definition) is 5. The maximum absolute atomic E-state index is 13.4. The molecular formula is C26H33NO6. The number of carbonyl (C=O) groups excluding carboxylic acids is 1. The summed E-state index contributed by atoms with van der Waals surface area (Å²) in [6, 6.07) is 10.3. The molecule has 178 valence electrons. The Morgan fingerprint density at radius 3 is 2.24 bits per heavy atom. The Bertz CT molecular complexity index is 977. The molecule has 7 heteroatoms. The molecule has 2 aromatic rings. The van der Waals surface area contributed by atoms with Crippen LogP contribution >= 0.6 is 0 Å². The number of likely N-dealkylation sites (tertiary alicyclic amines) is 1. The van der Waals surface area contributed by atoms with Crippen LogP contribution in [0.15, 0.2) is 36.4 Å². The van der Waals surface area contributed by atoms with E-state index < -0.39 is 11.9 Å². The summed E-state index contributed by atoms with van der Waals surface area (Å²) in [7, 11) is 3.02. The Kier molecular flexibility index (Phi) is 7.84. The van der Waals surface area contributed by atoms with Gasteiger partial charge in [-0.25, -0.2) is 0 Å². The highest BCUT2D eigenvalue weighted by Gasteiger charge is 2.31. The number of carbonyl (C=O) groups is 2. The lowest BCUT2D eigenvalue weighted by atomic mass is 9.85. The van der Waals surface area contributed by atoms with Crippen molar-refractivity contribution in [2.45, 2.75) is 39.0 Å². The molecule has 1 saturated heterocycles. The Morgan fingerprint density at radius 2 is 1.70 bits per heavy atom. The Morgan fingerprint density at radius 1 is 1.06 bits per heavy atom. The maximum atomic E-state index is 13.4. The zero-order valence-electron chi connectivity index (χ0n) is 19.7. The third-order valence-electron chi connectivity index (χ3n) is 6.24. The zero-order chi connectivity index (χ0) is 24.1. The van der Waals surface area contributed by atoms with E-state index in [1.54, 1.807) is 18.2 Å². The van der Waals surface area contributed by atoms with Crippen LogP contribution in [0.5, 0.6) is 17.2 Å². The van der Waals surface area contributed by atoms with E-state index in [1.807, 2.05) is 17.0 Å². The number of nitrogens with zero attached hydrogens (tertiary/aromatic N) is 1. The second-order valence-corrected chi connectivity index (χ2v) is 9.08. The van der Waals surface area contributed by atoms with Crippen LogP contribution in [0.1, 0.15) is 49.3 Å². The van der Waals surface area contributed by atoms with Gasteiger partial charge in [-0.1, -0.05) is 38.1 Å². The van der Waals surface area contributed by atoms with Crippen molar-refractivity contribution in [3.63, 3.8) is 0 Å². The number of hydrogen-bond donors (Lipinski definition) is 2. The van der Waals surface area contributed by atoms with Gasteiger partial charge in [0.05, 0.1) is 20.6 Å². The van der Waals surface area contributed by atoms with Gasteiger partial charge in [-0.05, 0) is 29.4 Å². The van der Waals surface area contributed by atoms with Crippen molar-refractivity contribution < 1.29 is 29.3 Å². The molecule has 2 N–H and O–H groups in total. The summed E-state index contributed by atoms with van der Waals surface area (Å²) in [5.74, 6) is 0.394. The Hall–Kier alpha value is -3.22. The highest BCUT2D eigenvalue weighted by atomic mass is 16.5. The second kappa shape index (κ2) is 10.6. The SMILES string of the molecule is COc1cc(O)c(C(CC(=O)N2C[C@H](C)C[C@H](C)C2)c2ccc(CC(=O)O)cc2)c(OC)c1. The molecule has 0 aliphatic carbocycles. The summed E-state index contributed by atoms with van der Waals surface area (Å²) in [6.07, 6.45) is 1.18. The third-order valence-corrected chi connectivity index (χ3v) is 6.24. The minimum atomic E-state index is -0.905. The van der Waals surface area contributed by atoms with Crippen LogP contribution in [-0.2, 0) is 16.0 Å². The summed E-state index contributed by atoms with van der Waals surface area (Å²) >= 11 is 0. The molecule has 1 unspecified atom stereocenters. The smallest absolute Gasteiger partial charge is 0.307 e. The van der Waals surface area contributed by atoms with Crippen LogP contribution in [0.3, 0.4) is 0 Å². The van der Waals surface area contributed by atoms with E-state index in [0.717, 1.165) is 25.1 Å². The van der Waals surface area contributed by atoms with Crippen LogP contribution in [0.2, 0.25) is 0 Å². The van der Waals surface area contributed by atoms with Gasteiger partial charge in [-0.2, -0.15) is 0 Å². The monoisotopic (exact) mass is 455 g/mol. The largest absolute Gasteiger partial charge is 0.507 e. The van der Waals surface area contributed by atoms with E-state index in [4.69, 9.17) is 14.6 Å². The van der Waals surface area contributed by atoms with E-state index in [0.29, 0.717) is 34.5 Å². The quantitative estimate of drug-likeness (QED) is 0.623. The molecule has 1 amide bonds. The number of benzene rings is 2. The van der Waals surface area contributed by atoms with Crippen LogP contribution in [0.25, 0.3) is 0 Å². The summed E-state index contributed by atoms with van der Waals surface area (Å²) in [4.78, 5) is 26.4. The number of phenols is 1. The molecule has 1 aliphatic heterocycles. The number of carboxylic acid groups (broad SMARTS) is 1. The molecule has 7 nitrogen and oxygen atoms in total. The van der Waals surface area contributed by atoms with Gasteiger partial charge in [0.2, 0.25) is 5.91 Å². The lowest BCUT2D eigenvalue weighted by Crippen LogP contribution is -2.43. The molecule has 2 aromatic carbocycles. The van der Waals surface area contributed by atoms with E-state index in [2.05, 4.69) is 13.8 Å². The molecule has 0 radical (unpaired) electrons. The molecule has 1 heterocycles. The van der Waals surface area contributed by atoms with Crippen LogP contribution in [0, 0.1) is 11.8 Å². The second-order valence-electron chi connectivity index (χ2n) is 9.08. The topological polar surface area (TPSA) is 96.3 Å². The molecule has 1 aliphatic rings. The first-order valence-electron chi connectivity index (χ1n) is 11.2. The van der Waals surface area contributed by atoms with Gasteiger partial charge >= 0.3 is 5.97 Å². The number of amides is 1. The molecule has 1 fully saturated rings. The van der Waals surface area contributed by atoms with Crippen molar-refractivity contribution >= 4 is 11.9 Å². The zero-order valence-corrected chi connectivity index (χ0v) is 19.7. The first kappa shape index (κ1) is 24.4. The fraction of sp³-hybridized carbons (Fsp3) is 0.462. The minimum Gasteiger partial charge on any atom is -0.507 e. The van der Waals surface area contributed by atoms with Gasteiger partial charge < -0.3 is 24.6 Å². The third kappa shape index (κ3) is 5.97. The average molecular weight is 456 g/mol. The molecule has 0 bridgehead atoms. The maximum Gasteiger partial charge on any atom is 0.307 e. The lowest BCUT2D eigenvalue weighted by molar-refractivity contribution is -0.136. The molecule has 0 spiro atoms. The number of ether oxygens (including phenoxy) is 2. The highest BCUT2D eigenvalue weighted by Crippen LogP contribution is 2.43. The minimum absolute atomic E-state index is 0.0148. The van der Waals surface area contributed by atoms with Crippen LogP contribution < -0.4 is 9.47 Å². The molecule has 0 aromatic heterocycles. The van der Waals surface area contributed by atoms with Gasteiger partial charge in [0, 0.05) is 43.1 Å². The van der Waals surface area contributed by atoms with Gasteiger partial charge in [0.15, 0.2) is 0 Å². The van der Waals surface area contributed by atoms with Crippen LogP contribution in [0.4, 0.5) is 0 Å². The van der Waals surface area contributed by atoms with Crippen molar-refractivity contribution in [1.29, 1.82) is 0 Å². The predicted molar refractivity (Wildman–Crippen MR) is 125 cm³/mol. The fourth-order valence-electron chi connectivity index (χ4n) is 4.82. The number of rotatable bonds is 8. The molecule has 3 atom stereocenters. The standard InChI is InChI=1S/C26H33NO6/c1-16-9-17(2)15-27(14-16)24(29)13-21(19-7-5-18(6-8-19)10-25(30)31)26-22(28)11-20(32-3)12-23(26)33-4/h5-8,11-12,16-17,21,28H,9-10,13-15H2,1-4H3,(H,30,31)/t16-,17+,21?. The first-order chi connectivity index (χ1) is 15.7. The average Bonchev–Trinajstić information content (AvgIpc) is 2.76. The molecule has 33 heavy (non-hydrogen) atoms. The Balaban J connectivity index is 2.00. The van der Waals surface area contributed by atoms with E-state index in [9.17, 15) is 14.7 Å². The van der Waals surface area contributed by atoms with Gasteiger partial charge in [0.1, 0.15) is 17.2 Å². The first-order valence-corrected chi connectivity index (χ1v) is 11.2. The Labute approximate surface area is 194 Å². The fourth-order valence-corrected chi connectivity index (χ4v) is 4.82. The number of carboxylic acids is 1. The van der Waals surface area contributed by atoms with E-state index in [1.165, 1.54) is 20.3 Å². The van der Waals surface area contributed by atoms with Gasteiger partial charge in [-0.3, -0.25) is 9.59 Å². The number of piperidine rings is 1. The highest BCUT2D eigenvalue weighted by molar-refractivity contribution is 5.78. The molecule has 3 rings (SSSR count). The van der Waals surface area contributed by atoms with E-state index in [-0.39, 0.29) is 24.5 Å². The van der Waals surface area contributed by atoms with Crippen molar-refractivity contribution in [2.75, 3.05) is 27.3 Å². The van der Waals surface area contributed by atoms with Gasteiger partial charge in [-0.15, -0.1) is 0 Å². The number of methoxy groups -OCH3 is 2. The van der Waals surface area contributed by atoms with Crippen molar-refractivity contribution in [3.8, 4) is 17.2 Å². The summed E-state index contributed by atoms with van der Waals surface area (Å²) < 4.78 is 10.8. The van der Waals surface area contributed by atoms with Crippen LogP contribution in [-0.4, -0.2) is 54.3 Å². The lowest BCUT2D eigenvalue weighted by Gasteiger charge is -2.36. The van der Waals surface area contributed by atoms with Crippen molar-refractivity contribution in [1.82, 2.24) is 4.90 Å². The predicted octanol–water partition coefficient (Wildman–Crippen LogP) is 4.06. The number of aliphatic carboxylic acids is 1.